The third-order valence-electron chi connectivity index (χ3n) is 3.02. The fourth-order valence-electron chi connectivity index (χ4n) is 1.83. The van der Waals surface area contributed by atoms with E-state index in [9.17, 15) is 9.59 Å². The van der Waals surface area contributed by atoms with E-state index < -0.39 is 11.9 Å². The zero-order valence-electron chi connectivity index (χ0n) is 13.9. The molecule has 0 aliphatic heterocycles. The lowest BCUT2D eigenvalue weighted by atomic mass is 10.3. The number of carbonyl (C=O) groups excluding carboxylic acids is 2. The Balaban J connectivity index is 1.69. The second kappa shape index (κ2) is 9.29. The van der Waals surface area contributed by atoms with Crippen molar-refractivity contribution in [3.05, 3.63) is 48.5 Å². The molecule has 0 amide bonds. The molecule has 0 saturated heterocycles. The minimum atomic E-state index is -0.623. The minimum absolute atomic E-state index is 0.357. The Bertz CT molecular complexity index is 631. The maximum absolute atomic E-state index is 11.6. The van der Waals surface area contributed by atoms with E-state index in [0.29, 0.717) is 23.0 Å². The third kappa shape index (κ3) is 6.15. The van der Waals surface area contributed by atoms with Gasteiger partial charge in [-0.15, -0.1) is 0 Å². The van der Waals surface area contributed by atoms with Gasteiger partial charge in [0.25, 0.3) is 0 Å². The standard InChI is InChI=1S/C18H18O7/c1-21-13-3-7-15(8-4-13)24-17(19)11-23-12-18(20)25-16-9-5-14(22-2)6-10-16/h3-10H,11-12H2,1-2H3. The van der Waals surface area contributed by atoms with Crippen LogP contribution in [0.3, 0.4) is 0 Å². The fraction of sp³-hybridized carbons (Fsp3) is 0.222. The summed E-state index contributed by atoms with van der Waals surface area (Å²) in [5.41, 5.74) is 0. The Labute approximate surface area is 145 Å². The van der Waals surface area contributed by atoms with Crippen LogP contribution in [-0.2, 0) is 14.3 Å². The van der Waals surface area contributed by atoms with Crippen LogP contribution in [0, 0.1) is 0 Å². The van der Waals surface area contributed by atoms with Crippen LogP contribution in [0.2, 0.25) is 0 Å². The molecule has 0 N–H and O–H groups in total. The van der Waals surface area contributed by atoms with Crippen molar-refractivity contribution in [2.24, 2.45) is 0 Å². The van der Waals surface area contributed by atoms with E-state index in [2.05, 4.69) is 0 Å². The van der Waals surface area contributed by atoms with Gasteiger partial charge in [0.2, 0.25) is 0 Å². The fourth-order valence-corrected chi connectivity index (χ4v) is 1.83. The second-order valence-electron chi connectivity index (χ2n) is 4.79. The molecule has 2 rings (SSSR count). The first-order valence-electron chi connectivity index (χ1n) is 7.38. The van der Waals surface area contributed by atoms with Gasteiger partial charge in [-0.3, -0.25) is 0 Å². The van der Waals surface area contributed by atoms with Gasteiger partial charge in [0, 0.05) is 0 Å². The van der Waals surface area contributed by atoms with Gasteiger partial charge in [0.05, 0.1) is 14.2 Å². The first-order chi connectivity index (χ1) is 12.1. The van der Waals surface area contributed by atoms with Crippen molar-refractivity contribution in [3.63, 3.8) is 0 Å². The first kappa shape index (κ1) is 18.3. The van der Waals surface area contributed by atoms with Crippen LogP contribution in [0.5, 0.6) is 23.0 Å². The number of methoxy groups -OCH3 is 2. The maximum atomic E-state index is 11.6. The molecule has 7 heteroatoms. The molecule has 0 spiro atoms. The number of ether oxygens (including phenoxy) is 5. The van der Waals surface area contributed by atoms with Crippen LogP contribution >= 0.6 is 0 Å². The zero-order chi connectivity index (χ0) is 18.1. The molecule has 0 aliphatic rings. The van der Waals surface area contributed by atoms with Gasteiger partial charge in [0.1, 0.15) is 36.2 Å². The quantitative estimate of drug-likeness (QED) is 0.535. The van der Waals surface area contributed by atoms with Gasteiger partial charge in [-0.2, -0.15) is 0 Å². The van der Waals surface area contributed by atoms with Crippen molar-refractivity contribution in [3.8, 4) is 23.0 Å². The molecule has 0 bridgehead atoms. The summed E-state index contributed by atoms with van der Waals surface area (Å²) < 4.78 is 25.1. The van der Waals surface area contributed by atoms with E-state index in [0.717, 1.165) is 0 Å². The van der Waals surface area contributed by atoms with Gasteiger partial charge in [-0.05, 0) is 48.5 Å². The zero-order valence-corrected chi connectivity index (χ0v) is 13.9. The molecule has 2 aromatic carbocycles. The molecule has 0 aliphatic carbocycles. The molecular formula is C18H18O7. The molecule has 25 heavy (non-hydrogen) atoms. The SMILES string of the molecule is COc1ccc(OC(=O)COCC(=O)Oc2ccc(OC)cc2)cc1. The predicted molar refractivity (Wildman–Crippen MR) is 88.1 cm³/mol. The van der Waals surface area contributed by atoms with E-state index in [4.69, 9.17) is 23.7 Å². The van der Waals surface area contributed by atoms with Crippen molar-refractivity contribution in [1.82, 2.24) is 0 Å². The molecule has 0 saturated carbocycles. The second-order valence-corrected chi connectivity index (χ2v) is 4.79. The average molecular weight is 346 g/mol. The van der Waals surface area contributed by atoms with E-state index in [1.165, 1.54) is 0 Å². The summed E-state index contributed by atoms with van der Waals surface area (Å²) in [5, 5.41) is 0. The first-order valence-corrected chi connectivity index (χ1v) is 7.38. The summed E-state index contributed by atoms with van der Waals surface area (Å²) in [4.78, 5) is 23.3. The smallest absolute Gasteiger partial charge is 0.337 e. The summed E-state index contributed by atoms with van der Waals surface area (Å²) in [6, 6.07) is 13.0. The highest BCUT2D eigenvalue weighted by Gasteiger charge is 2.09. The maximum Gasteiger partial charge on any atom is 0.337 e. The highest BCUT2D eigenvalue weighted by Crippen LogP contribution is 2.18. The van der Waals surface area contributed by atoms with Crippen molar-refractivity contribution in [2.45, 2.75) is 0 Å². The summed E-state index contributed by atoms with van der Waals surface area (Å²) in [7, 11) is 3.08. The van der Waals surface area contributed by atoms with Crippen LogP contribution in [0.4, 0.5) is 0 Å². The lowest BCUT2D eigenvalue weighted by Gasteiger charge is -2.07. The average Bonchev–Trinajstić information content (AvgIpc) is 2.63. The molecule has 0 unspecified atom stereocenters. The van der Waals surface area contributed by atoms with Gasteiger partial charge in [0.15, 0.2) is 0 Å². The number of hydrogen-bond acceptors (Lipinski definition) is 7. The van der Waals surface area contributed by atoms with Crippen molar-refractivity contribution in [2.75, 3.05) is 27.4 Å². The van der Waals surface area contributed by atoms with Crippen LogP contribution in [0.15, 0.2) is 48.5 Å². The molecule has 0 radical (unpaired) electrons. The predicted octanol–water partition coefficient (Wildman–Crippen LogP) is 2.23. The lowest BCUT2D eigenvalue weighted by Crippen LogP contribution is -2.21. The van der Waals surface area contributed by atoms with E-state index in [1.54, 1.807) is 62.8 Å². The topological polar surface area (TPSA) is 80.3 Å². The number of carbonyl (C=O) groups is 2. The van der Waals surface area contributed by atoms with E-state index in [1.807, 2.05) is 0 Å². The normalized spacial score (nSPS) is 10.0. The molecule has 0 atom stereocenters. The molecule has 0 aromatic heterocycles. The highest BCUT2D eigenvalue weighted by atomic mass is 16.6. The van der Waals surface area contributed by atoms with Gasteiger partial charge in [-0.1, -0.05) is 0 Å². The lowest BCUT2D eigenvalue weighted by molar-refractivity contribution is -0.145. The molecule has 132 valence electrons. The Morgan fingerprint density at radius 3 is 1.28 bits per heavy atom. The van der Waals surface area contributed by atoms with Crippen molar-refractivity contribution in [1.29, 1.82) is 0 Å². The monoisotopic (exact) mass is 346 g/mol. The Morgan fingerprint density at radius 2 is 0.960 bits per heavy atom. The Kier molecular flexibility index (Phi) is 6.79. The Hall–Kier alpha value is -3.06. The molecule has 0 heterocycles. The van der Waals surface area contributed by atoms with Crippen LogP contribution in [-0.4, -0.2) is 39.4 Å². The number of esters is 2. The molecule has 0 fully saturated rings. The summed E-state index contributed by atoms with van der Waals surface area (Å²) in [5.74, 6) is 0.768. The number of rotatable bonds is 8. The summed E-state index contributed by atoms with van der Waals surface area (Å²) in [6.07, 6.45) is 0. The molecular weight excluding hydrogens is 328 g/mol. The summed E-state index contributed by atoms with van der Waals surface area (Å²) >= 11 is 0. The Morgan fingerprint density at radius 1 is 0.640 bits per heavy atom. The van der Waals surface area contributed by atoms with Crippen LogP contribution in [0.1, 0.15) is 0 Å². The van der Waals surface area contributed by atoms with Crippen LogP contribution < -0.4 is 18.9 Å². The number of hydrogen-bond donors (Lipinski definition) is 0. The highest BCUT2D eigenvalue weighted by molar-refractivity contribution is 5.76. The van der Waals surface area contributed by atoms with Crippen molar-refractivity contribution < 1.29 is 33.3 Å². The van der Waals surface area contributed by atoms with E-state index in [-0.39, 0.29) is 13.2 Å². The van der Waals surface area contributed by atoms with Crippen LogP contribution in [0.25, 0.3) is 0 Å². The summed E-state index contributed by atoms with van der Waals surface area (Å²) in [6.45, 7) is -0.743. The minimum Gasteiger partial charge on any atom is -0.497 e. The van der Waals surface area contributed by atoms with Gasteiger partial charge in [-0.25, -0.2) is 9.59 Å². The number of benzene rings is 2. The van der Waals surface area contributed by atoms with Crippen molar-refractivity contribution >= 4 is 11.9 Å². The largest absolute Gasteiger partial charge is 0.497 e. The molecule has 7 nitrogen and oxygen atoms in total. The third-order valence-corrected chi connectivity index (χ3v) is 3.02. The van der Waals surface area contributed by atoms with E-state index >= 15 is 0 Å². The molecule has 2 aromatic rings. The van der Waals surface area contributed by atoms with Gasteiger partial charge < -0.3 is 23.7 Å². The van der Waals surface area contributed by atoms with Gasteiger partial charge >= 0.3 is 11.9 Å².